The number of hydrogen-bond donors (Lipinski definition) is 1. The molecule has 0 aromatic rings. The summed E-state index contributed by atoms with van der Waals surface area (Å²) in [6, 6.07) is 0. The second-order valence-electron chi connectivity index (χ2n) is 2.35. The predicted octanol–water partition coefficient (Wildman–Crippen LogP) is 1.41. The Bertz CT molecular complexity index is 134. The van der Waals surface area contributed by atoms with E-state index in [1.807, 2.05) is 0 Å². The summed E-state index contributed by atoms with van der Waals surface area (Å²) in [5.41, 5.74) is 0. The molecule has 0 aromatic heterocycles. The van der Waals surface area contributed by atoms with Crippen LogP contribution in [0.25, 0.3) is 0 Å². The molecular formula is C6H14AsFO3. The van der Waals surface area contributed by atoms with Gasteiger partial charge in [-0.05, 0) is 0 Å². The minimum atomic E-state index is -5.27. The first kappa shape index (κ1) is 11.2. The van der Waals surface area contributed by atoms with Gasteiger partial charge in [-0.3, -0.25) is 0 Å². The van der Waals surface area contributed by atoms with E-state index < -0.39 is 14.6 Å². The molecule has 68 valence electrons. The molecule has 1 unspecified atom stereocenters. The van der Waals surface area contributed by atoms with E-state index >= 15 is 0 Å². The number of halogens is 1. The van der Waals surface area contributed by atoms with Gasteiger partial charge < -0.3 is 0 Å². The Morgan fingerprint density at radius 1 is 1.45 bits per heavy atom. The van der Waals surface area contributed by atoms with Crippen molar-refractivity contribution in [3.63, 3.8) is 0 Å². The van der Waals surface area contributed by atoms with Crippen LogP contribution in [0.3, 0.4) is 0 Å². The molecule has 0 fully saturated rings. The number of hydrogen-bond acceptors (Lipinski definition) is 2. The van der Waals surface area contributed by atoms with E-state index in [-0.39, 0.29) is 6.61 Å². The van der Waals surface area contributed by atoms with Gasteiger partial charge in [-0.2, -0.15) is 0 Å². The van der Waals surface area contributed by atoms with Gasteiger partial charge in [-0.25, -0.2) is 0 Å². The summed E-state index contributed by atoms with van der Waals surface area (Å²) >= 11 is -5.27. The van der Waals surface area contributed by atoms with Crippen LogP contribution in [-0.2, 0) is 7.47 Å². The van der Waals surface area contributed by atoms with Crippen molar-refractivity contribution in [3.05, 3.63) is 0 Å². The van der Waals surface area contributed by atoms with Gasteiger partial charge in [-0.1, -0.05) is 0 Å². The Kier molecular flexibility index (Phi) is 5.92. The molecule has 5 heteroatoms. The molecule has 0 aliphatic rings. The van der Waals surface area contributed by atoms with Crippen LogP contribution >= 0.6 is 0 Å². The zero-order chi connectivity index (χ0) is 8.74. The van der Waals surface area contributed by atoms with Crippen molar-refractivity contribution in [2.45, 2.75) is 32.6 Å². The van der Waals surface area contributed by atoms with Crippen molar-refractivity contribution in [3.8, 4) is 0 Å². The van der Waals surface area contributed by atoms with Gasteiger partial charge in [0.25, 0.3) is 0 Å². The predicted molar refractivity (Wildman–Crippen MR) is 39.9 cm³/mol. The Labute approximate surface area is 69.4 Å². The number of rotatable bonds is 6. The maximum atomic E-state index is 11.8. The fraction of sp³-hybridized carbons (Fsp3) is 1.00. The first-order valence-electron chi connectivity index (χ1n) is 3.73. The second-order valence-corrected chi connectivity index (χ2v) is 4.78. The molecule has 0 bridgehead atoms. The molecule has 11 heavy (non-hydrogen) atoms. The molecule has 1 atom stereocenters. The molecule has 0 heterocycles. The average Bonchev–Trinajstić information content (AvgIpc) is 1.85. The van der Waals surface area contributed by atoms with E-state index in [1.54, 1.807) is 0 Å². The molecule has 0 spiro atoms. The van der Waals surface area contributed by atoms with Crippen LogP contribution in [0.15, 0.2) is 0 Å². The molecule has 0 rings (SSSR count). The summed E-state index contributed by atoms with van der Waals surface area (Å²) in [6.45, 7) is 2.11. The monoisotopic (exact) mass is 228 g/mol. The Hall–Kier alpha value is 0.208. The third-order valence-electron chi connectivity index (χ3n) is 1.25. The summed E-state index contributed by atoms with van der Waals surface area (Å²) in [5.74, 6) is 0. The standard InChI is InChI=1S/C6H14AsFO3/c1-2-3-4-5-6-11-7(8,9)10/h2-6H2,1H3,(H,9,10). The third-order valence-corrected chi connectivity index (χ3v) is 2.30. The topological polar surface area (TPSA) is 46.5 Å². The maximum absolute atomic E-state index is 11.8. The van der Waals surface area contributed by atoms with Gasteiger partial charge >= 0.3 is 68.9 Å². The summed E-state index contributed by atoms with van der Waals surface area (Å²) in [7, 11) is 0. The average molecular weight is 228 g/mol. The fourth-order valence-electron chi connectivity index (χ4n) is 0.706. The van der Waals surface area contributed by atoms with E-state index in [1.165, 1.54) is 0 Å². The van der Waals surface area contributed by atoms with E-state index in [0.29, 0.717) is 6.42 Å². The second kappa shape index (κ2) is 5.81. The quantitative estimate of drug-likeness (QED) is 0.552. The molecule has 0 aliphatic carbocycles. The minimum absolute atomic E-state index is 0.0590. The van der Waals surface area contributed by atoms with Crippen LogP contribution in [0.4, 0.5) is 3.47 Å². The van der Waals surface area contributed by atoms with Crippen molar-refractivity contribution in [1.29, 1.82) is 0 Å². The van der Waals surface area contributed by atoms with E-state index in [9.17, 15) is 7.21 Å². The molecule has 3 nitrogen and oxygen atoms in total. The van der Waals surface area contributed by atoms with Crippen molar-refractivity contribution < 1.29 is 15.0 Å². The SMILES string of the molecule is CCCCCCO[As](=O)(O)F. The molecular weight excluding hydrogens is 214 g/mol. The summed E-state index contributed by atoms with van der Waals surface area (Å²) in [6.07, 6.45) is 3.71. The van der Waals surface area contributed by atoms with Crippen LogP contribution in [0, 0.1) is 0 Å². The van der Waals surface area contributed by atoms with Crippen LogP contribution in [-0.4, -0.2) is 25.3 Å². The van der Waals surface area contributed by atoms with Crippen LogP contribution < -0.4 is 0 Å². The van der Waals surface area contributed by atoms with Gasteiger partial charge in [0.15, 0.2) is 0 Å². The molecule has 1 N–H and O–H groups in total. The molecule has 0 saturated heterocycles. The molecule has 0 amide bonds. The van der Waals surface area contributed by atoms with Crippen molar-refractivity contribution in [2.24, 2.45) is 0 Å². The van der Waals surface area contributed by atoms with Gasteiger partial charge in [-0.15, -0.1) is 0 Å². The van der Waals surface area contributed by atoms with Crippen LogP contribution in [0.2, 0.25) is 0 Å². The van der Waals surface area contributed by atoms with Gasteiger partial charge in [0.1, 0.15) is 0 Å². The third kappa shape index (κ3) is 10.2. The normalized spacial score (nSPS) is 16.3. The van der Waals surface area contributed by atoms with Crippen molar-refractivity contribution in [2.75, 3.05) is 6.61 Å². The van der Waals surface area contributed by atoms with E-state index in [0.717, 1.165) is 19.3 Å². The summed E-state index contributed by atoms with van der Waals surface area (Å²) in [5, 5.41) is 0. The molecule has 0 saturated carbocycles. The fourth-order valence-corrected chi connectivity index (χ4v) is 1.45. The van der Waals surface area contributed by atoms with Crippen LogP contribution in [0.1, 0.15) is 32.6 Å². The van der Waals surface area contributed by atoms with Gasteiger partial charge in [0, 0.05) is 0 Å². The molecule has 0 radical (unpaired) electrons. The first-order chi connectivity index (χ1) is 5.06. The first-order valence-corrected chi connectivity index (χ1v) is 6.81. The van der Waals surface area contributed by atoms with Gasteiger partial charge in [0.05, 0.1) is 0 Å². The summed E-state index contributed by atoms with van der Waals surface area (Å²) in [4.78, 5) is 0. The van der Waals surface area contributed by atoms with Crippen molar-refractivity contribution >= 4 is 14.6 Å². The van der Waals surface area contributed by atoms with Gasteiger partial charge in [0.2, 0.25) is 0 Å². The Balaban J connectivity index is 3.09. The number of unbranched alkanes of at least 4 members (excludes halogenated alkanes) is 3. The zero-order valence-corrected chi connectivity index (χ0v) is 8.50. The molecule has 0 aromatic carbocycles. The Morgan fingerprint density at radius 2 is 2.09 bits per heavy atom. The molecule has 0 aliphatic heterocycles. The Morgan fingerprint density at radius 3 is 2.55 bits per heavy atom. The van der Waals surface area contributed by atoms with Crippen molar-refractivity contribution in [1.82, 2.24) is 0 Å². The zero-order valence-electron chi connectivity index (χ0n) is 6.62. The summed E-state index contributed by atoms with van der Waals surface area (Å²) < 4.78 is 34.0. The van der Waals surface area contributed by atoms with E-state index in [2.05, 4.69) is 10.6 Å². The van der Waals surface area contributed by atoms with E-state index in [4.69, 9.17) is 4.10 Å². The van der Waals surface area contributed by atoms with Crippen LogP contribution in [0.5, 0.6) is 0 Å².